The molecule has 1 aliphatic carbocycles. The highest BCUT2D eigenvalue weighted by Crippen LogP contribution is 2.39. The van der Waals surface area contributed by atoms with Crippen LogP contribution in [-0.4, -0.2) is 36.0 Å². The van der Waals surface area contributed by atoms with E-state index in [1.807, 2.05) is 0 Å². The number of hydrogen-bond acceptors (Lipinski definition) is 6. The molecule has 2 aromatic heterocycles. The second kappa shape index (κ2) is 7.23. The lowest BCUT2D eigenvalue weighted by Gasteiger charge is -2.30. The van der Waals surface area contributed by atoms with Crippen LogP contribution < -0.4 is 0 Å². The van der Waals surface area contributed by atoms with Crippen LogP contribution in [0.2, 0.25) is 4.34 Å². The van der Waals surface area contributed by atoms with Crippen molar-refractivity contribution in [3.63, 3.8) is 0 Å². The minimum absolute atomic E-state index is 0.145. The van der Waals surface area contributed by atoms with E-state index >= 15 is 0 Å². The molecule has 2 aromatic rings. The Kier molecular flexibility index (Phi) is 5.16. The lowest BCUT2D eigenvalue weighted by atomic mass is 10.0. The predicted octanol–water partition coefficient (Wildman–Crippen LogP) is 4.48. The van der Waals surface area contributed by atoms with Crippen LogP contribution in [0.3, 0.4) is 0 Å². The van der Waals surface area contributed by atoms with Gasteiger partial charge in [-0.05, 0) is 37.8 Å². The van der Waals surface area contributed by atoms with Crippen LogP contribution in [0.25, 0.3) is 0 Å². The second-order valence-corrected chi connectivity index (χ2v) is 11.6. The quantitative estimate of drug-likeness (QED) is 0.735. The number of nitrogens with zero attached hydrogens (tertiary/aromatic N) is 3. The van der Waals surface area contributed by atoms with Gasteiger partial charge in [-0.15, -0.1) is 32.9 Å². The molecule has 0 aromatic carbocycles. The van der Waals surface area contributed by atoms with E-state index in [0.29, 0.717) is 27.6 Å². The molecule has 9 heteroatoms. The van der Waals surface area contributed by atoms with Crippen molar-refractivity contribution in [3.05, 3.63) is 26.5 Å². The van der Waals surface area contributed by atoms with Gasteiger partial charge in [0.05, 0.1) is 4.34 Å². The molecule has 0 bridgehead atoms. The van der Waals surface area contributed by atoms with E-state index in [1.54, 1.807) is 27.8 Å². The van der Waals surface area contributed by atoms with Gasteiger partial charge in [0.15, 0.2) is 0 Å². The standard InChI is InChI=1S/C16H20ClN3O2S3/c17-13-7-8-14(23-13)25(21,22)20-9-3-6-12(10-20)16-19-18-15(24-16)11-4-1-2-5-11/h7-8,11-12H,1-6,9-10H2. The van der Waals surface area contributed by atoms with Gasteiger partial charge in [0.25, 0.3) is 10.0 Å². The Morgan fingerprint density at radius 3 is 2.36 bits per heavy atom. The SMILES string of the molecule is O=S(=O)(c1ccc(Cl)s1)N1CCCC(c2nnc(C3CCCC3)s2)C1. The highest BCUT2D eigenvalue weighted by atomic mass is 35.5. The zero-order chi connectivity index (χ0) is 17.4. The third kappa shape index (κ3) is 3.64. The fourth-order valence-electron chi connectivity index (χ4n) is 3.68. The van der Waals surface area contributed by atoms with Gasteiger partial charge in [0.2, 0.25) is 0 Å². The van der Waals surface area contributed by atoms with Crippen LogP contribution in [0.15, 0.2) is 16.3 Å². The van der Waals surface area contributed by atoms with Gasteiger partial charge in [-0.25, -0.2) is 8.42 Å². The molecule has 1 aliphatic heterocycles. The molecular formula is C16H20ClN3O2S3. The van der Waals surface area contributed by atoms with Crippen molar-refractivity contribution in [2.24, 2.45) is 0 Å². The molecule has 5 nitrogen and oxygen atoms in total. The van der Waals surface area contributed by atoms with E-state index in [-0.39, 0.29) is 5.92 Å². The number of piperidine rings is 1. The maximum absolute atomic E-state index is 12.8. The fourth-order valence-corrected chi connectivity index (χ4v) is 7.98. The first-order valence-corrected chi connectivity index (χ1v) is 12.1. The molecule has 25 heavy (non-hydrogen) atoms. The zero-order valence-corrected chi connectivity index (χ0v) is 16.9. The van der Waals surface area contributed by atoms with Crippen LogP contribution in [0.1, 0.15) is 60.4 Å². The summed E-state index contributed by atoms with van der Waals surface area (Å²) in [6.07, 6.45) is 6.78. The van der Waals surface area contributed by atoms with Gasteiger partial charge in [-0.1, -0.05) is 24.4 Å². The van der Waals surface area contributed by atoms with E-state index in [1.165, 1.54) is 25.7 Å². The summed E-state index contributed by atoms with van der Waals surface area (Å²) < 4.78 is 28.1. The molecule has 4 rings (SSSR count). The largest absolute Gasteiger partial charge is 0.252 e. The summed E-state index contributed by atoms with van der Waals surface area (Å²) in [6.45, 7) is 1.04. The monoisotopic (exact) mass is 417 g/mol. The maximum atomic E-state index is 12.8. The average Bonchev–Trinajstić information content (AvgIpc) is 3.35. The van der Waals surface area contributed by atoms with Crippen LogP contribution in [0, 0.1) is 0 Å². The summed E-state index contributed by atoms with van der Waals surface area (Å²) in [5.74, 6) is 0.703. The molecule has 1 saturated heterocycles. The molecule has 1 unspecified atom stereocenters. The van der Waals surface area contributed by atoms with Crippen LogP contribution in [-0.2, 0) is 10.0 Å². The number of hydrogen-bond donors (Lipinski definition) is 0. The highest BCUT2D eigenvalue weighted by Gasteiger charge is 2.33. The molecule has 136 valence electrons. The van der Waals surface area contributed by atoms with Crippen molar-refractivity contribution < 1.29 is 8.42 Å². The summed E-state index contributed by atoms with van der Waals surface area (Å²) in [5.41, 5.74) is 0. The Labute approximate surface area is 161 Å². The van der Waals surface area contributed by atoms with Crippen molar-refractivity contribution in [1.29, 1.82) is 0 Å². The van der Waals surface area contributed by atoms with Gasteiger partial charge in [0.1, 0.15) is 14.2 Å². The Balaban J connectivity index is 1.51. The first-order chi connectivity index (χ1) is 12.0. The fraction of sp³-hybridized carbons (Fsp3) is 0.625. The summed E-state index contributed by atoms with van der Waals surface area (Å²) >= 11 is 8.72. The Bertz CT molecular complexity index is 842. The average molecular weight is 418 g/mol. The van der Waals surface area contributed by atoms with Gasteiger partial charge < -0.3 is 0 Å². The number of aromatic nitrogens is 2. The Morgan fingerprint density at radius 2 is 1.68 bits per heavy atom. The number of thiophene rings is 1. The first kappa shape index (κ1) is 17.9. The molecule has 0 amide bonds. The third-order valence-electron chi connectivity index (χ3n) is 5.04. The smallest absolute Gasteiger partial charge is 0.206 e. The molecule has 0 spiro atoms. The van der Waals surface area contributed by atoms with E-state index in [9.17, 15) is 8.42 Å². The van der Waals surface area contributed by atoms with Crippen LogP contribution >= 0.6 is 34.3 Å². The number of halogens is 1. The molecule has 0 N–H and O–H groups in total. The van der Waals surface area contributed by atoms with Gasteiger partial charge >= 0.3 is 0 Å². The van der Waals surface area contributed by atoms with Crippen molar-refractivity contribution in [3.8, 4) is 0 Å². The molecule has 1 atom stereocenters. The van der Waals surface area contributed by atoms with Gasteiger partial charge in [-0.2, -0.15) is 4.31 Å². The Hall–Kier alpha value is -0.540. The topological polar surface area (TPSA) is 63.2 Å². The molecular weight excluding hydrogens is 398 g/mol. The van der Waals surface area contributed by atoms with Crippen LogP contribution in [0.5, 0.6) is 0 Å². The number of sulfonamides is 1. The summed E-state index contributed by atoms with van der Waals surface area (Å²) in [7, 11) is -3.47. The lowest BCUT2D eigenvalue weighted by Crippen LogP contribution is -2.38. The van der Waals surface area contributed by atoms with Crippen molar-refractivity contribution >= 4 is 44.3 Å². The minimum atomic E-state index is -3.47. The van der Waals surface area contributed by atoms with Crippen molar-refractivity contribution in [2.75, 3.05) is 13.1 Å². The van der Waals surface area contributed by atoms with E-state index in [0.717, 1.165) is 34.2 Å². The normalized spacial score (nSPS) is 23.3. The molecule has 1 saturated carbocycles. The minimum Gasteiger partial charge on any atom is -0.206 e. The highest BCUT2D eigenvalue weighted by molar-refractivity contribution is 7.91. The molecule has 2 aliphatic rings. The van der Waals surface area contributed by atoms with Gasteiger partial charge in [-0.3, -0.25) is 0 Å². The van der Waals surface area contributed by atoms with E-state index < -0.39 is 10.0 Å². The number of rotatable bonds is 4. The zero-order valence-electron chi connectivity index (χ0n) is 13.7. The van der Waals surface area contributed by atoms with Crippen molar-refractivity contribution in [1.82, 2.24) is 14.5 Å². The van der Waals surface area contributed by atoms with E-state index in [2.05, 4.69) is 10.2 Å². The molecule has 0 radical (unpaired) electrons. The first-order valence-electron chi connectivity index (χ1n) is 8.63. The summed E-state index contributed by atoms with van der Waals surface area (Å²) in [5, 5.41) is 10.9. The predicted molar refractivity (Wildman–Crippen MR) is 101 cm³/mol. The summed E-state index contributed by atoms with van der Waals surface area (Å²) in [6, 6.07) is 3.23. The Morgan fingerprint density at radius 1 is 1.00 bits per heavy atom. The lowest BCUT2D eigenvalue weighted by molar-refractivity contribution is 0.315. The van der Waals surface area contributed by atoms with E-state index in [4.69, 9.17) is 11.6 Å². The van der Waals surface area contributed by atoms with Crippen molar-refractivity contribution in [2.45, 2.75) is 54.6 Å². The molecule has 3 heterocycles. The maximum Gasteiger partial charge on any atom is 0.252 e. The molecule has 2 fully saturated rings. The van der Waals surface area contributed by atoms with Crippen LogP contribution in [0.4, 0.5) is 0 Å². The summed E-state index contributed by atoms with van der Waals surface area (Å²) in [4.78, 5) is 0. The second-order valence-electron chi connectivity index (χ2n) is 6.72. The third-order valence-corrected chi connectivity index (χ3v) is 9.85. The van der Waals surface area contributed by atoms with Gasteiger partial charge in [0, 0.05) is 24.9 Å².